The van der Waals surface area contributed by atoms with Gasteiger partial charge in [0.25, 0.3) is 0 Å². The first-order valence-corrected chi connectivity index (χ1v) is 8.05. The molecule has 3 aromatic rings. The maximum atomic E-state index is 13.7. The van der Waals surface area contributed by atoms with E-state index in [4.69, 9.17) is 11.6 Å². The summed E-state index contributed by atoms with van der Waals surface area (Å²) < 4.78 is 15.4. The molecule has 1 unspecified atom stereocenters. The van der Waals surface area contributed by atoms with Crippen molar-refractivity contribution in [3.8, 4) is 5.75 Å². The van der Waals surface area contributed by atoms with Crippen LogP contribution in [0.15, 0.2) is 35.1 Å². The molecule has 2 aromatic heterocycles. The van der Waals surface area contributed by atoms with Crippen molar-refractivity contribution in [3.05, 3.63) is 57.0 Å². The zero-order valence-electron chi connectivity index (χ0n) is 12.3. The lowest BCUT2D eigenvalue weighted by Gasteiger charge is -2.15. The second kappa shape index (κ2) is 6.07. The van der Waals surface area contributed by atoms with Crippen molar-refractivity contribution in [1.82, 2.24) is 9.55 Å². The third-order valence-electron chi connectivity index (χ3n) is 3.86. The molecule has 0 aliphatic heterocycles. The topological polar surface area (TPSA) is 75.4 Å². The van der Waals surface area contributed by atoms with Crippen LogP contribution in [0.5, 0.6) is 5.75 Å². The van der Waals surface area contributed by atoms with Gasteiger partial charge < -0.3 is 10.2 Å². The average Bonchev–Trinajstić information content (AvgIpc) is 2.90. The number of hydrogen-bond donors (Lipinski definition) is 2. The highest BCUT2D eigenvalue weighted by molar-refractivity contribution is 9.10. The maximum Gasteiger partial charge on any atom is 0.417 e. The van der Waals surface area contributed by atoms with E-state index in [0.717, 1.165) is 10.6 Å². The molecule has 0 aliphatic rings. The predicted molar refractivity (Wildman–Crippen MR) is 91.4 cm³/mol. The fraction of sp³-hybridized carbons (Fsp3) is 0.125. The fourth-order valence-electron chi connectivity index (χ4n) is 2.72. The van der Waals surface area contributed by atoms with Gasteiger partial charge in [0.05, 0.1) is 0 Å². The molecule has 0 saturated carbocycles. The largest absolute Gasteiger partial charge is 0.505 e. The van der Waals surface area contributed by atoms with Gasteiger partial charge in [-0.2, -0.15) is 0 Å². The van der Waals surface area contributed by atoms with Crippen LogP contribution >= 0.6 is 27.5 Å². The summed E-state index contributed by atoms with van der Waals surface area (Å²) in [6.07, 6.45) is 1.70. The zero-order chi connectivity index (χ0) is 17.6. The van der Waals surface area contributed by atoms with E-state index < -0.39 is 23.6 Å². The Bertz CT molecular complexity index is 974. The molecule has 0 spiro atoms. The van der Waals surface area contributed by atoms with Crippen LogP contribution in [0.3, 0.4) is 0 Å². The highest BCUT2D eigenvalue weighted by Crippen LogP contribution is 2.40. The summed E-state index contributed by atoms with van der Waals surface area (Å²) in [6, 6.07) is 4.15. The number of fused-ring (bicyclic) bond motifs is 1. The fourth-order valence-corrected chi connectivity index (χ4v) is 3.37. The number of halogens is 3. The Kier molecular flexibility index (Phi) is 4.23. The molecule has 5 nitrogen and oxygen atoms in total. The second-order valence-corrected chi connectivity index (χ2v) is 6.60. The molecule has 24 heavy (non-hydrogen) atoms. The summed E-state index contributed by atoms with van der Waals surface area (Å²) in [6.45, 7) is 1.71. The van der Waals surface area contributed by atoms with E-state index >= 15 is 0 Å². The smallest absolute Gasteiger partial charge is 0.417 e. The highest BCUT2D eigenvalue weighted by Gasteiger charge is 2.24. The van der Waals surface area contributed by atoms with Crippen LogP contribution in [0.2, 0.25) is 5.02 Å². The maximum absolute atomic E-state index is 13.7. The molecule has 8 heteroatoms. The average molecular weight is 414 g/mol. The van der Waals surface area contributed by atoms with E-state index in [1.54, 1.807) is 13.0 Å². The Labute approximate surface area is 149 Å². The van der Waals surface area contributed by atoms with Crippen LogP contribution in [0.25, 0.3) is 11.0 Å². The number of phenolic OH excluding ortho intramolecular Hbond substituents is 1. The normalized spacial score (nSPS) is 12.5. The van der Waals surface area contributed by atoms with Crippen LogP contribution in [0, 0.1) is 5.82 Å². The summed E-state index contributed by atoms with van der Waals surface area (Å²) in [4.78, 5) is 15.6. The second-order valence-electron chi connectivity index (χ2n) is 5.27. The molecule has 0 bridgehead atoms. The van der Waals surface area contributed by atoms with Gasteiger partial charge in [0, 0.05) is 38.8 Å². The molecular formula is C16H11BrClFN2O3. The van der Waals surface area contributed by atoms with Crippen molar-refractivity contribution < 1.29 is 19.4 Å². The summed E-state index contributed by atoms with van der Waals surface area (Å²) in [5.41, 5.74) is 1.00. The van der Waals surface area contributed by atoms with Crippen molar-refractivity contribution in [2.75, 3.05) is 0 Å². The monoisotopic (exact) mass is 412 g/mol. The van der Waals surface area contributed by atoms with Crippen molar-refractivity contribution >= 4 is 44.7 Å². The molecule has 0 saturated heterocycles. The van der Waals surface area contributed by atoms with Crippen molar-refractivity contribution in [2.24, 2.45) is 0 Å². The number of aromatic nitrogens is 2. The van der Waals surface area contributed by atoms with Crippen molar-refractivity contribution in [1.29, 1.82) is 0 Å². The zero-order valence-corrected chi connectivity index (χ0v) is 14.6. The number of carbonyl (C=O) groups is 1. The van der Waals surface area contributed by atoms with Crippen molar-refractivity contribution in [2.45, 2.75) is 12.8 Å². The highest BCUT2D eigenvalue weighted by atomic mass is 79.9. The van der Waals surface area contributed by atoms with E-state index in [-0.39, 0.29) is 16.2 Å². The first kappa shape index (κ1) is 16.7. The minimum absolute atomic E-state index is 0.195. The third kappa shape index (κ3) is 2.63. The summed E-state index contributed by atoms with van der Waals surface area (Å²) in [7, 11) is 0. The Morgan fingerprint density at radius 3 is 2.83 bits per heavy atom. The Balaban J connectivity index is 2.28. The number of hydrogen-bond acceptors (Lipinski definition) is 3. The summed E-state index contributed by atoms with van der Waals surface area (Å²) >= 11 is 9.43. The molecule has 2 N–H and O–H groups in total. The van der Waals surface area contributed by atoms with Crippen molar-refractivity contribution in [3.63, 3.8) is 0 Å². The minimum atomic E-state index is -1.19. The van der Waals surface area contributed by atoms with Crippen LogP contribution in [0.1, 0.15) is 24.0 Å². The number of pyridine rings is 1. The number of phenols is 1. The van der Waals surface area contributed by atoms with Crippen LogP contribution in [-0.2, 0) is 0 Å². The molecule has 1 atom stereocenters. The predicted octanol–water partition coefficient (Wildman–Crippen LogP) is 4.97. The van der Waals surface area contributed by atoms with Gasteiger partial charge in [-0.1, -0.05) is 18.5 Å². The van der Waals surface area contributed by atoms with Gasteiger partial charge in [0.15, 0.2) is 11.6 Å². The first-order chi connectivity index (χ1) is 11.3. The standard InChI is InChI=1S/C16H11BrClFN2O3/c1-7(13-11(18)2-3-12(19)14(13)22)10-6-21(16(23)24)15-9(10)4-8(17)5-20-15/h2-7,22H,1H3,(H,23,24). The van der Waals surface area contributed by atoms with E-state index in [1.165, 1.54) is 18.5 Å². The summed E-state index contributed by atoms with van der Waals surface area (Å²) in [5.74, 6) is -1.89. The van der Waals surface area contributed by atoms with Gasteiger partial charge in [0.2, 0.25) is 0 Å². The van der Waals surface area contributed by atoms with Gasteiger partial charge >= 0.3 is 6.09 Å². The molecule has 1 aromatic carbocycles. The lowest BCUT2D eigenvalue weighted by Crippen LogP contribution is -2.06. The van der Waals surface area contributed by atoms with Gasteiger partial charge in [-0.25, -0.2) is 18.7 Å². The van der Waals surface area contributed by atoms with E-state index in [9.17, 15) is 19.4 Å². The van der Waals surface area contributed by atoms with Gasteiger partial charge in [-0.05, 0) is 39.7 Å². The van der Waals surface area contributed by atoms with Crippen LogP contribution < -0.4 is 0 Å². The molecule has 2 heterocycles. The van der Waals surface area contributed by atoms with Gasteiger partial charge in [-0.15, -0.1) is 0 Å². The van der Waals surface area contributed by atoms with Crippen LogP contribution in [0.4, 0.5) is 9.18 Å². The quantitative estimate of drug-likeness (QED) is 0.621. The molecular weight excluding hydrogens is 403 g/mol. The summed E-state index contributed by atoms with van der Waals surface area (Å²) in [5, 5.41) is 20.2. The van der Waals surface area contributed by atoms with E-state index in [2.05, 4.69) is 20.9 Å². The minimum Gasteiger partial charge on any atom is -0.505 e. The van der Waals surface area contributed by atoms with Gasteiger partial charge in [0.1, 0.15) is 5.65 Å². The Hall–Kier alpha value is -2.12. The number of nitrogens with zero attached hydrogens (tertiary/aromatic N) is 2. The molecule has 124 valence electrons. The number of aromatic hydroxyl groups is 1. The third-order valence-corrected chi connectivity index (χ3v) is 4.62. The van der Waals surface area contributed by atoms with Gasteiger partial charge in [-0.3, -0.25) is 0 Å². The number of benzene rings is 1. The lowest BCUT2D eigenvalue weighted by atomic mass is 9.92. The first-order valence-electron chi connectivity index (χ1n) is 6.88. The Morgan fingerprint density at radius 1 is 1.46 bits per heavy atom. The van der Waals surface area contributed by atoms with Crippen LogP contribution in [-0.4, -0.2) is 25.9 Å². The van der Waals surface area contributed by atoms with E-state index in [1.807, 2.05) is 0 Å². The lowest BCUT2D eigenvalue weighted by molar-refractivity contribution is 0.197. The number of carboxylic acid groups (broad SMARTS) is 1. The number of rotatable bonds is 2. The Morgan fingerprint density at radius 2 is 2.17 bits per heavy atom. The molecule has 0 fully saturated rings. The molecule has 0 aliphatic carbocycles. The molecule has 3 rings (SSSR count). The molecule has 0 radical (unpaired) electrons. The SMILES string of the molecule is CC(c1c(Cl)ccc(F)c1O)c1cn(C(=O)O)c2ncc(Br)cc12. The molecule has 0 amide bonds. The van der Waals surface area contributed by atoms with E-state index in [0.29, 0.717) is 15.4 Å².